The van der Waals surface area contributed by atoms with Gasteiger partial charge in [-0.25, -0.2) is 9.37 Å². The quantitative estimate of drug-likeness (QED) is 0.666. The number of para-hydroxylation sites is 2. The minimum Gasteiger partial charge on any atom is -0.396 e. The van der Waals surface area contributed by atoms with E-state index in [0.717, 1.165) is 22.4 Å². The molecule has 0 saturated heterocycles. The lowest BCUT2D eigenvalue weighted by Crippen LogP contribution is -1.95. The van der Waals surface area contributed by atoms with Gasteiger partial charge in [0.05, 0.1) is 16.7 Å². The predicted octanol–water partition coefficient (Wildman–Crippen LogP) is 2.96. The first kappa shape index (κ1) is 10.8. The molecule has 0 spiro atoms. The van der Waals surface area contributed by atoms with Crippen LogP contribution in [-0.2, 0) is 7.05 Å². The number of hydrogen-bond donors (Lipinski definition) is 1. The molecule has 3 rings (SSSR count). The molecule has 1 heterocycles. The van der Waals surface area contributed by atoms with E-state index < -0.39 is 5.82 Å². The lowest BCUT2D eigenvalue weighted by molar-refractivity contribution is 0.632. The molecule has 3 aromatic rings. The number of rotatable bonds is 1. The van der Waals surface area contributed by atoms with Crippen molar-refractivity contribution in [1.29, 1.82) is 0 Å². The number of aromatic nitrogens is 2. The van der Waals surface area contributed by atoms with Gasteiger partial charge in [-0.15, -0.1) is 0 Å². The minimum atomic E-state index is -0.405. The molecule has 0 aliphatic rings. The van der Waals surface area contributed by atoms with Crippen molar-refractivity contribution in [3.8, 4) is 11.4 Å². The predicted molar refractivity (Wildman–Crippen MR) is 70.5 cm³/mol. The summed E-state index contributed by atoms with van der Waals surface area (Å²) in [6.07, 6.45) is 0. The molecular formula is C14H12FN3. The number of aryl methyl sites for hydroxylation is 1. The van der Waals surface area contributed by atoms with Crippen LogP contribution in [0.5, 0.6) is 0 Å². The number of imidazole rings is 1. The average Bonchev–Trinajstić information content (AvgIpc) is 2.71. The van der Waals surface area contributed by atoms with E-state index in [2.05, 4.69) is 4.98 Å². The molecule has 0 saturated carbocycles. The Morgan fingerprint density at radius 2 is 1.94 bits per heavy atom. The zero-order valence-corrected chi connectivity index (χ0v) is 9.89. The third-order valence-electron chi connectivity index (χ3n) is 3.04. The first-order chi connectivity index (χ1) is 8.66. The maximum absolute atomic E-state index is 13.2. The van der Waals surface area contributed by atoms with Crippen molar-refractivity contribution < 1.29 is 4.39 Å². The van der Waals surface area contributed by atoms with E-state index in [1.165, 1.54) is 6.07 Å². The van der Waals surface area contributed by atoms with E-state index in [4.69, 9.17) is 5.73 Å². The Bertz CT molecular complexity index is 731. The monoisotopic (exact) mass is 241 g/mol. The van der Waals surface area contributed by atoms with Gasteiger partial charge in [0.2, 0.25) is 0 Å². The summed E-state index contributed by atoms with van der Waals surface area (Å²) < 4.78 is 15.1. The van der Waals surface area contributed by atoms with Crippen molar-refractivity contribution in [2.24, 2.45) is 7.05 Å². The summed E-state index contributed by atoms with van der Waals surface area (Å²) in [6, 6.07) is 12.5. The van der Waals surface area contributed by atoms with Gasteiger partial charge in [-0.3, -0.25) is 0 Å². The van der Waals surface area contributed by atoms with Crippen LogP contribution in [0.3, 0.4) is 0 Å². The Labute approximate surface area is 104 Å². The van der Waals surface area contributed by atoms with Crippen LogP contribution in [0, 0.1) is 5.82 Å². The summed E-state index contributed by atoms with van der Waals surface area (Å²) in [5.74, 6) is 0.375. The molecule has 0 aliphatic carbocycles. The molecule has 0 amide bonds. The van der Waals surface area contributed by atoms with Crippen LogP contribution in [0.4, 0.5) is 10.1 Å². The second-order valence-corrected chi connectivity index (χ2v) is 4.22. The van der Waals surface area contributed by atoms with Crippen molar-refractivity contribution >= 4 is 16.7 Å². The Kier molecular flexibility index (Phi) is 2.30. The number of anilines is 1. The van der Waals surface area contributed by atoms with Gasteiger partial charge in [0, 0.05) is 12.6 Å². The topological polar surface area (TPSA) is 43.8 Å². The van der Waals surface area contributed by atoms with Gasteiger partial charge in [0.25, 0.3) is 0 Å². The normalized spacial score (nSPS) is 11.0. The SMILES string of the molecule is Cn1c(-c2ccc(F)c(N)c2)nc2ccccc21. The summed E-state index contributed by atoms with van der Waals surface area (Å²) in [4.78, 5) is 4.54. The van der Waals surface area contributed by atoms with Gasteiger partial charge >= 0.3 is 0 Å². The second-order valence-electron chi connectivity index (χ2n) is 4.22. The number of hydrogen-bond acceptors (Lipinski definition) is 2. The summed E-state index contributed by atoms with van der Waals surface area (Å²) in [7, 11) is 1.93. The van der Waals surface area contributed by atoms with Crippen LogP contribution in [0.25, 0.3) is 22.4 Å². The molecule has 0 bridgehead atoms. The Morgan fingerprint density at radius 1 is 1.17 bits per heavy atom. The van der Waals surface area contributed by atoms with Crippen molar-refractivity contribution in [2.45, 2.75) is 0 Å². The maximum Gasteiger partial charge on any atom is 0.146 e. The van der Waals surface area contributed by atoms with Crippen molar-refractivity contribution in [3.63, 3.8) is 0 Å². The highest BCUT2D eigenvalue weighted by Crippen LogP contribution is 2.25. The number of nitrogens with two attached hydrogens (primary N) is 1. The van der Waals surface area contributed by atoms with Gasteiger partial charge < -0.3 is 10.3 Å². The Morgan fingerprint density at radius 3 is 2.67 bits per heavy atom. The fourth-order valence-corrected chi connectivity index (χ4v) is 2.09. The van der Waals surface area contributed by atoms with Gasteiger partial charge in [-0.05, 0) is 30.3 Å². The molecule has 2 N–H and O–H groups in total. The zero-order chi connectivity index (χ0) is 12.7. The summed E-state index contributed by atoms with van der Waals surface area (Å²) >= 11 is 0. The second kappa shape index (κ2) is 3.84. The van der Waals surface area contributed by atoms with Crippen LogP contribution in [0.1, 0.15) is 0 Å². The first-order valence-corrected chi connectivity index (χ1v) is 5.63. The van der Waals surface area contributed by atoms with E-state index in [0.29, 0.717) is 0 Å². The van der Waals surface area contributed by atoms with E-state index in [-0.39, 0.29) is 5.69 Å². The lowest BCUT2D eigenvalue weighted by Gasteiger charge is -2.04. The van der Waals surface area contributed by atoms with Crippen LogP contribution in [-0.4, -0.2) is 9.55 Å². The smallest absolute Gasteiger partial charge is 0.146 e. The molecule has 0 atom stereocenters. The van der Waals surface area contributed by atoms with Gasteiger partial charge in [-0.2, -0.15) is 0 Å². The molecule has 3 nitrogen and oxygen atoms in total. The molecule has 18 heavy (non-hydrogen) atoms. The van der Waals surface area contributed by atoms with E-state index in [1.54, 1.807) is 12.1 Å². The molecule has 2 aromatic carbocycles. The van der Waals surface area contributed by atoms with Crippen LogP contribution >= 0.6 is 0 Å². The molecular weight excluding hydrogens is 229 g/mol. The van der Waals surface area contributed by atoms with Crippen LogP contribution in [0.15, 0.2) is 42.5 Å². The third kappa shape index (κ3) is 1.54. The molecule has 0 radical (unpaired) electrons. The standard InChI is InChI=1S/C14H12FN3/c1-18-13-5-3-2-4-12(13)17-14(18)9-6-7-10(15)11(16)8-9/h2-8H,16H2,1H3. The van der Waals surface area contributed by atoms with E-state index in [9.17, 15) is 4.39 Å². The Balaban J connectivity index is 2.25. The van der Waals surface area contributed by atoms with Gasteiger partial charge in [-0.1, -0.05) is 12.1 Å². The molecule has 0 unspecified atom stereocenters. The van der Waals surface area contributed by atoms with Gasteiger partial charge in [0.15, 0.2) is 0 Å². The lowest BCUT2D eigenvalue weighted by atomic mass is 10.2. The molecule has 0 fully saturated rings. The highest BCUT2D eigenvalue weighted by Gasteiger charge is 2.10. The largest absolute Gasteiger partial charge is 0.396 e. The molecule has 0 aliphatic heterocycles. The van der Waals surface area contributed by atoms with Crippen LogP contribution in [0.2, 0.25) is 0 Å². The number of nitrogens with zero attached hydrogens (tertiary/aromatic N) is 2. The molecule has 4 heteroatoms. The van der Waals surface area contributed by atoms with Crippen molar-refractivity contribution in [3.05, 3.63) is 48.3 Å². The van der Waals surface area contributed by atoms with E-state index in [1.807, 2.05) is 35.9 Å². The van der Waals surface area contributed by atoms with Crippen LogP contribution < -0.4 is 5.73 Å². The average molecular weight is 241 g/mol. The number of halogens is 1. The number of fused-ring (bicyclic) bond motifs is 1. The summed E-state index contributed by atoms with van der Waals surface area (Å²) in [5, 5.41) is 0. The minimum absolute atomic E-state index is 0.138. The summed E-state index contributed by atoms with van der Waals surface area (Å²) in [5.41, 5.74) is 8.49. The van der Waals surface area contributed by atoms with Crippen molar-refractivity contribution in [2.75, 3.05) is 5.73 Å². The number of nitrogen functional groups attached to an aromatic ring is 1. The molecule has 1 aromatic heterocycles. The zero-order valence-electron chi connectivity index (χ0n) is 9.89. The fraction of sp³-hybridized carbons (Fsp3) is 0.0714. The maximum atomic E-state index is 13.2. The highest BCUT2D eigenvalue weighted by atomic mass is 19.1. The highest BCUT2D eigenvalue weighted by molar-refractivity contribution is 5.80. The fourth-order valence-electron chi connectivity index (χ4n) is 2.09. The Hall–Kier alpha value is -2.36. The third-order valence-corrected chi connectivity index (χ3v) is 3.04. The first-order valence-electron chi connectivity index (χ1n) is 5.63. The molecule has 90 valence electrons. The number of benzene rings is 2. The van der Waals surface area contributed by atoms with Crippen molar-refractivity contribution in [1.82, 2.24) is 9.55 Å². The van der Waals surface area contributed by atoms with E-state index >= 15 is 0 Å². The summed E-state index contributed by atoms with van der Waals surface area (Å²) in [6.45, 7) is 0. The van der Waals surface area contributed by atoms with Gasteiger partial charge in [0.1, 0.15) is 11.6 Å².